The monoisotopic (exact) mass is 284 g/mol. The van der Waals surface area contributed by atoms with Gasteiger partial charge in [0.1, 0.15) is 0 Å². The lowest BCUT2D eigenvalue weighted by Gasteiger charge is -2.23. The minimum atomic E-state index is -0.421. The molecular weight excluding hydrogens is 256 g/mol. The van der Waals surface area contributed by atoms with Gasteiger partial charge in [0.25, 0.3) is 0 Å². The molecule has 0 N–H and O–H groups in total. The second-order valence-electron chi connectivity index (χ2n) is 6.23. The highest BCUT2D eigenvalue weighted by Gasteiger charge is 2.28. The summed E-state index contributed by atoms with van der Waals surface area (Å²) in [5.41, 5.74) is 0.752. The van der Waals surface area contributed by atoms with Gasteiger partial charge in [-0.05, 0) is 31.6 Å². The van der Waals surface area contributed by atoms with E-state index in [0.29, 0.717) is 30.8 Å². The predicted molar refractivity (Wildman–Crippen MR) is 79.2 cm³/mol. The number of rotatable bonds is 6. The number of carbonyl (C=O) groups excluding carboxylic acids is 2. The Morgan fingerprint density at radius 2 is 1.40 bits per heavy atom. The van der Waals surface area contributed by atoms with Crippen LogP contribution >= 0.6 is 0 Å². The average Bonchev–Trinajstić information content (AvgIpc) is 2.26. The summed E-state index contributed by atoms with van der Waals surface area (Å²) in [6.45, 7) is 13.9. The Kier molecular flexibility index (Phi) is 7.54. The summed E-state index contributed by atoms with van der Waals surface area (Å²) in [4.78, 5) is 24.3. The van der Waals surface area contributed by atoms with E-state index in [1.807, 2.05) is 34.6 Å². The second-order valence-corrected chi connectivity index (χ2v) is 6.23. The molecule has 0 aromatic heterocycles. The lowest BCUT2D eigenvalue weighted by Crippen LogP contribution is -2.23. The van der Waals surface area contributed by atoms with Crippen molar-refractivity contribution in [3.05, 3.63) is 11.1 Å². The molecule has 0 aromatic rings. The minimum absolute atomic E-state index is 0.0872. The second kappa shape index (κ2) is 8.08. The molecule has 0 aliphatic heterocycles. The topological polar surface area (TPSA) is 52.6 Å². The van der Waals surface area contributed by atoms with Gasteiger partial charge in [0, 0.05) is 5.57 Å². The number of carbonyl (C=O) groups is 2. The first-order valence-corrected chi connectivity index (χ1v) is 7.21. The van der Waals surface area contributed by atoms with Gasteiger partial charge >= 0.3 is 11.9 Å². The van der Waals surface area contributed by atoms with Crippen LogP contribution in [0.2, 0.25) is 0 Å². The quantitative estimate of drug-likeness (QED) is 0.553. The zero-order chi connectivity index (χ0) is 15.9. The molecule has 0 unspecified atom stereocenters. The molecule has 116 valence electrons. The van der Waals surface area contributed by atoms with Gasteiger partial charge in [0.15, 0.2) is 0 Å². The van der Waals surface area contributed by atoms with Gasteiger partial charge in [-0.25, -0.2) is 9.59 Å². The van der Waals surface area contributed by atoms with Crippen LogP contribution in [0.5, 0.6) is 0 Å². The molecule has 0 rings (SSSR count). The molecule has 0 heterocycles. The third-order valence-corrected chi connectivity index (χ3v) is 2.63. The van der Waals surface area contributed by atoms with Crippen molar-refractivity contribution >= 4 is 11.9 Å². The minimum Gasteiger partial charge on any atom is -0.463 e. The summed E-state index contributed by atoms with van der Waals surface area (Å²) in [6.07, 6.45) is 0.484. The first-order chi connectivity index (χ1) is 9.14. The van der Waals surface area contributed by atoms with Crippen molar-refractivity contribution in [2.45, 2.75) is 54.9 Å². The van der Waals surface area contributed by atoms with Gasteiger partial charge in [-0.1, -0.05) is 34.6 Å². The number of hydrogen-bond acceptors (Lipinski definition) is 4. The highest BCUT2D eigenvalue weighted by molar-refractivity contribution is 6.00. The Bertz CT molecular complexity index is 372. The summed E-state index contributed by atoms with van der Waals surface area (Å²) in [7, 11) is 0. The van der Waals surface area contributed by atoms with Gasteiger partial charge in [0.05, 0.1) is 18.8 Å². The number of hydrogen-bond donors (Lipinski definition) is 0. The summed E-state index contributed by atoms with van der Waals surface area (Å²) in [6, 6.07) is 0. The Labute approximate surface area is 122 Å². The summed E-state index contributed by atoms with van der Waals surface area (Å²) >= 11 is 0. The Hall–Kier alpha value is -1.32. The van der Waals surface area contributed by atoms with Crippen molar-refractivity contribution in [2.75, 3.05) is 13.2 Å². The molecular formula is C16H28O4. The van der Waals surface area contributed by atoms with E-state index in [0.717, 1.165) is 0 Å². The highest BCUT2D eigenvalue weighted by atomic mass is 16.5. The van der Waals surface area contributed by atoms with E-state index in [-0.39, 0.29) is 11.3 Å². The molecule has 0 aromatic carbocycles. The smallest absolute Gasteiger partial charge is 0.334 e. The fraction of sp³-hybridized carbons (Fsp3) is 0.750. The maximum absolute atomic E-state index is 12.2. The summed E-state index contributed by atoms with van der Waals surface area (Å²) < 4.78 is 10.2. The van der Waals surface area contributed by atoms with Crippen molar-refractivity contribution in [3.63, 3.8) is 0 Å². The zero-order valence-corrected chi connectivity index (χ0v) is 13.8. The molecule has 20 heavy (non-hydrogen) atoms. The van der Waals surface area contributed by atoms with Crippen LogP contribution in [0.1, 0.15) is 54.9 Å². The molecule has 4 nitrogen and oxygen atoms in total. The molecule has 0 amide bonds. The first kappa shape index (κ1) is 18.7. The third-order valence-electron chi connectivity index (χ3n) is 2.63. The molecule has 0 saturated heterocycles. The normalized spacial score (nSPS) is 13.0. The van der Waals surface area contributed by atoms with Crippen LogP contribution in [0.3, 0.4) is 0 Å². The fourth-order valence-corrected chi connectivity index (χ4v) is 1.94. The van der Waals surface area contributed by atoms with Crippen molar-refractivity contribution in [1.82, 2.24) is 0 Å². The van der Waals surface area contributed by atoms with Gasteiger partial charge in [-0.3, -0.25) is 0 Å². The van der Waals surface area contributed by atoms with Crippen LogP contribution < -0.4 is 0 Å². The average molecular weight is 284 g/mol. The van der Waals surface area contributed by atoms with Crippen LogP contribution in [0.25, 0.3) is 0 Å². The highest BCUT2D eigenvalue weighted by Crippen LogP contribution is 2.30. The Balaban J connectivity index is 5.73. The maximum Gasteiger partial charge on any atom is 0.334 e. The maximum atomic E-state index is 12.2. The molecule has 4 heteroatoms. The standard InChI is InChI=1S/C16H28O4/c1-8-19-14(17)12(10-16(5,6)7)13(11(3)4)15(18)20-9-2/h11H,8-10H2,1-7H3/b13-12-. The van der Waals surface area contributed by atoms with E-state index in [2.05, 4.69) is 0 Å². The molecule has 0 fully saturated rings. The summed E-state index contributed by atoms with van der Waals surface area (Å²) in [5, 5.41) is 0. The van der Waals surface area contributed by atoms with E-state index in [9.17, 15) is 9.59 Å². The van der Waals surface area contributed by atoms with Crippen molar-refractivity contribution in [1.29, 1.82) is 0 Å². The molecule has 0 bridgehead atoms. The van der Waals surface area contributed by atoms with Gasteiger partial charge in [-0.2, -0.15) is 0 Å². The molecule has 0 aliphatic rings. The van der Waals surface area contributed by atoms with Crippen LogP contribution in [0.15, 0.2) is 11.1 Å². The fourth-order valence-electron chi connectivity index (χ4n) is 1.94. The van der Waals surface area contributed by atoms with E-state index >= 15 is 0 Å². The SMILES string of the molecule is CCOC(=O)/C(CC(C)(C)C)=C(\C(=O)OCC)C(C)C. The number of ether oxygens (including phenoxy) is 2. The summed E-state index contributed by atoms with van der Waals surface area (Å²) in [5.74, 6) is -0.926. The van der Waals surface area contributed by atoms with Gasteiger partial charge < -0.3 is 9.47 Å². The lowest BCUT2D eigenvalue weighted by atomic mass is 9.83. The Morgan fingerprint density at radius 3 is 1.75 bits per heavy atom. The lowest BCUT2D eigenvalue weighted by molar-refractivity contribution is -0.142. The zero-order valence-electron chi connectivity index (χ0n) is 13.8. The van der Waals surface area contributed by atoms with Crippen molar-refractivity contribution in [2.24, 2.45) is 11.3 Å². The van der Waals surface area contributed by atoms with E-state index in [1.54, 1.807) is 13.8 Å². The van der Waals surface area contributed by atoms with Crippen LogP contribution in [0.4, 0.5) is 0 Å². The first-order valence-electron chi connectivity index (χ1n) is 7.21. The van der Waals surface area contributed by atoms with E-state index in [1.165, 1.54) is 0 Å². The van der Waals surface area contributed by atoms with E-state index in [4.69, 9.17) is 9.47 Å². The molecule has 0 radical (unpaired) electrons. The third kappa shape index (κ3) is 6.22. The molecule has 0 aliphatic carbocycles. The predicted octanol–water partition coefficient (Wildman–Crippen LogP) is 3.50. The van der Waals surface area contributed by atoms with Crippen molar-refractivity contribution in [3.8, 4) is 0 Å². The molecule has 0 saturated carbocycles. The molecule has 0 spiro atoms. The van der Waals surface area contributed by atoms with Crippen LogP contribution in [-0.4, -0.2) is 25.2 Å². The number of esters is 2. The Morgan fingerprint density at radius 1 is 0.950 bits per heavy atom. The van der Waals surface area contributed by atoms with Crippen LogP contribution in [-0.2, 0) is 19.1 Å². The molecule has 0 atom stereocenters. The van der Waals surface area contributed by atoms with E-state index < -0.39 is 11.9 Å². The largest absolute Gasteiger partial charge is 0.463 e. The van der Waals surface area contributed by atoms with Gasteiger partial charge in [-0.15, -0.1) is 0 Å². The van der Waals surface area contributed by atoms with Gasteiger partial charge in [0.2, 0.25) is 0 Å². The van der Waals surface area contributed by atoms with Crippen LogP contribution in [0, 0.1) is 11.3 Å². The van der Waals surface area contributed by atoms with Crippen molar-refractivity contribution < 1.29 is 19.1 Å².